The van der Waals surface area contributed by atoms with Crippen LogP contribution in [0.25, 0.3) is 0 Å². The Labute approximate surface area is 164 Å². The minimum atomic E-state index is -3.72. The van der Waals surface area contributed by atoms with E-state index < -0.39 is 22.0 Å². The van der Waals surface area contributed by atoms with Gasteiger partial charge < -0.3 is 5.32 Å². The molecule has 0 aromatic heterocycles. The van der Waals surface area contributed by atoms with E-state index in [2.05, 4.69) is 5.32 Å². The minimum Gasteiger partial charge on any atom is -0.324 e. The summed E-state index contributed by atoms with van der Waals surface area (Å²) >= 11 is 11.9. The lowest BCUT2D eigenvalue weighted by atomic mass is 10.1. The number of nitrogens with one attached hydrogen (secondary N) is 1. The molecule has 0 aliphatic rings. The third-order valence-corrected chi connectivity index (χ3v) is 5.50. The monoisotopic (exact) mass is 414 g/mol. The number of benzene rings is 2. The van der Waals surface area contributed by atoms with E-state index >= 15 is 0 Å². The van der Waals surface area contributed by atoms with Gasteiger partial charge in [-0.15, -0.1) is 0 Å². The van der Waals surface area contributed by atoms with Crippen molar-refractivity contribution in [2.24, 2.45) is 0 Å². The largest absolute Gasteiger partial charge is 0.324 e. The Balaban J connectivity index is 2.42. The van der Waals surface area contributed by atoms with Crippen LogP contribution >= 0.6 is 23.2 Å². The highest BCUT2D eigenvalue weighted by molar-refractivity contribution is 7.92. The molecule has 1 atom stereocenters. The van der Waals surface area contributed by atoms with E-state index in [9.17, 15) is 13.2 Å². The molecule has 2 rings (SSSR count). The Morgan fingerprint density at radius 1 is 1.12 bits per heavy atom. The molecule has 0 saturated heterocycles. The predicted molar refractivity (Wildman–Crippen MR) is 108 cm³/mol. The molecular formula is C18H20Cl2N2O3S. The van der Waals surface area contributed by atoms with Crippen LogP contribution in [-0.2, 0) is 14.8 Å². The highest BCUT2D eigenvalue weighted by Gasteiger charge is 2.32. The number of amides is 1. The SMILES string of the molecule is CC[C@@H](C(=O)Nc1ccc(Cl)cc1)N(c1cc(Cl)ccc1C)S(C)(=O)=O. The normalized spacial score (nSPS) is 12.5. The number of anilines is 2. The van der Waals surface area contributed by atoms with Crippen LogP contribution in [0, 0.1) is 6.92 Å². The molecule has 0 spiro atoms. The van der Waals surface area contributed by atoms with Gasteiger partial charge in [0.25, 0.3) is 0 Å². The molecular weight excluding hydrogens is 395 g/mol. The van der Waals surface area contributed by atoms with E-state index in [0.717, 1.165) is 10.6 Å². The quantitative estimate of drug-likeness (QED) is 0.756. The summed E-state index contributed by atoms with van der Waals surface area (Å²) in [6.45, 7) is 3.53. The molecule has 140 valence electrons. The van der Waals surface area contributed by atoms with Gasteiger partial charge in [0.1, 0.15) is 6.04 Å². The molecule has 0 fully saturated rings. The van der Waals surface area contributed by atoms with Crippen LogP contribution in [0.2, 0.25) is 10.0 Å². The standard InChI is InChI=1S/C18H20Cl2N2O3S/c1-4-16(18(23)21-15-9-7-13(19)8-10-15)22(26(3,24)25)17-11-14(20)6-5-12(17)2/h5-11,16H,4H2,1-3H3,(H,21,23)/t16-/m0/s1. The number of nitrogens with zero attached hydrogens (tertiary/aromatic N) is 1. The first kappa shape index (κ1) is 20.6. The van der Waals surface area contributed by atoms with Crippen LogP contribution in [0.5, 0.6) is 0 Å². The van der Waals surface area contributed by atoms with Crippen LogP contribution < -0.4 is 9.62 Å². The van der Waals surface area contributed by atoms with Crippen molar-refractivity contribution in [3.05, 3.63) is 58.1 Å². The second kappa shape index (κ2) is 8.29. The number of carbonyl (C=O) groups excluding carboxylic acids is 1. The van der Waals surface area contributed by atoms with Gasteiger partial charge >= 0.3 is 0 Å². The summed E-state index contributed by atoms with van der Waals surface area (Å²) < 4.78 is 26.1. The van der Waals surface area contributed by atoms with Crippen molar-refractivity contribution in [2.75, 3.05) is 15.9 Å². The Kier molecular flexibility index (Phi) is 6.55. The van der Waals surface area contributed by atoms with Gasteiger partial charge in [0.05, 0.1) is 11.9 Å². The number of hydrogen-bond donors (Lipinski definition) is 1. The molecule has 0 unspecified atom stereocenters. The van der Waals surface area contributed by atoms with E-state index in [4.69, 9.17) is 23.2 Å². The molecule has 0 aliphatic heterocycles. The number of hydrogen-bond acceptors (Lipinski definition) is 3. The van der Waals surface area contributed by atoms with Crippen LogP contribution in [-0.4, -0.2) is 26.6 Å². The molecule has 0 radical (unpaired) electrons. The molecule has 5 nitrogen and oxygen atoms in total. The summed E-state index contributed by atoms with van der Waals surface area (Å²) in [6, 6.07) is 10.6. The van der Waals surface area contributed by atoms with E-state index in [-0.39, 0.29) is 0 Å². The molecule has 0 aliphatic carbocycles. The van der Waals surface area contributed by atoms with Crippen molar-refractivity contribution < 1.29 is 13.2 Å². The average molecular weight is 415 g/mol. The highest BCUT2D eigenvalue weighted by Crippen LogP contribution is 2.29. The number of aryl methyl sites for hydroxylation is 1. The molecule has 0 heterocycles. The lowest BCUT2D eigenvalue weighted by Gasteiger charge is -2.31. The Morgan fingerprint density at radius 3 is 2.23 bits per heavy atom. The van der Waals surface area contributed by atoms with E-state index in [1.165, 1.54) is 0 Å². The average Bonchev–Trinajstić information content (AvgIpc) is 2.56. The molecule has 1 N–H and O–H groups in total. The molecule has 0 saturated carbocycles. The highest BCUT2D eigenvalue weighted by atomic mass is 35.5. The van der Waals surface area contributed by atoms with Crippen LogP contribution in [0.3, 0.4) is 0 Å². The topological polar surface area (TPSA) is 66.5 Å². The van der Waals surface area contributed by atoms with Gasteiger partial charge in [-0.25, -0.2) is 8.42 Å². The van der Waals surface area contributed by atoms with Crippen molar-refractivity contribution in [3.8, 4) is 0 Å². The van der Waals surface area contributed by atoms with Gasteiger partial charge in [-0.2, -0.15) is 0 Å². The third-order valence-electron chi connectivity index (χ3n) is 3.85. The van der Waals surface area contributed by atoms with Gasteiger partial charge in [-0.3, -0.25) is 9.10 Å². The zero-order chi connectivity index (χ0) is 19.5. The van der Waals surface area contributed by atoms with E-state index in [0.29, 0.717) is 33.4 Å². The second-order valence-electron chi connectivity index (χ2n) is 5.91. The van der Waals surface area contributed by atoms with Crippen LogP contribution in [0.15, 0.2) is 42.5 Å². The van der Waals surface area contributed by atoms with Gasteiger partial charge in [0.15, 0.2) is 0 Å². The Morgan fingerprint density at radius 2 is 1.69 bits per heavy atom. The summed E-state index contributed by atoms with van der Waals surface area (Å²) in [6.07, 6.45) is 1.37. The molecule has 0 bridgehead atoms. The number of sulfonamides is 1. The van der Waals surface area contributed by atoms with Crippen LogP contribution in [0.4, 0.5) is 11.4 Å². The Bertz CT molecular complexity index is 899. The first-order chi connectivity index (χ1) is 12.1. The minimum absolute atomic E-state index is 0.290. The summed E-state index contributed by atoms with van der Waals surface area (Å²) in [5, 5.41) is 3.68. The lowest BCUT2D eigenvalue weighted by Crippen LogP contribution is -2.47. The smallest absolute Gasteiger partial charge is 0.248 e. The van der Waals surface area contributed by atoms with Gasteiger partial charge in [-0.05, 0) is 55.3 Å². The maximum Gasteiger partial charge on any atom is 0.248 e. The van der Waals surface area contributed by atoms with E-state index in [1.54, 1.807) is 56.3 Å². The van der Waals surface area contributed by atoms with Crippen molar-refractivity contribution in [1.29, 1.82) is 0 Å². The van der Waals surface area contributed by atoms with E-state index in [1.807, 2.05) is 0 Å². The molecule has 26 heavy (non-hydrogen) atoms. The van der Waals surface area contributed by atoms with Gasteiger partial charge in [0.2, 0.25) is 15.9 Å². The fraction of sp³-hybridized carbons (Fsp3) is 0.278. The number of rotatable bonds is 6. The summed E-state index contributed by atoms with van der Waals surface area (Å²) in [7, 11) is -3.72. The van der Waals surface area contributed by atoms with Crippen molar-refractivity contribution in [1.82, 2.24) is 0 Å². The van der Waals surface area contributed by atoms with Crippen LogP contribution in [0.1, 0.15) is 18.9 Å². The predicted octanol–water partition coefficient (Wildman–Crippen LogP) is 4.49. The van der Waals surface area contributed by atoms with Crippen molar-refractivity contribution in [3.63, 3.8) is 0 Å². The summed E-state index contributed by atoms with van der Waals surface area (Å²) in [5.74, 6) is -0.431. The van der Waals surface area contributed by atoms with Crippen molar-refractivity contribution >= 4 is 50.5 Å². The molecule has 2 aromatic carbocycles. The zero-order valence-corrected chi connectivity index (χ0v) is 17.0. The second-order valence-corrected chi connectivity index (χ2v) is 8.64. The third kappa shape index (κ3) is 4.90. The summed E-state index contributed by atoms with van der Waals surface area (Å²) in [4.78, 5) is 12.8. The first-order valence-electron chi connectivity index (χ1n) is 7.95. The maximum absolute atomic E-state index is 12.8. The molecule has 8 heteroatoms. The number of carbonyl (C=O) groups is 1. The summed E-state index contributed by atoms with van der Waals surface area (Å²) in [5.41, 5.74) is 1.63. The molecule has 2 aromatic rings. The lowest BCUT2D eigenvalue weighted by molar-refractivity contribution is -0.117. The van der Waals surface area contributed by atoms with Crippen molar-refractivity contribution in [2.45, 2.75) is 26.3 Å². The fourth-order valence-electron chi connectivity index (χ4n) is 2.61. The van der Waals surface area contributed by atoms with Gasteiger partial charge in [-0.1, -0.05) is 36.2 Å². The van der Waals surface area contributed by atoms with Gasteiger partial charge in [0, 0.05) is 15.7 Å². The zero-order valence-electron chi connectivity index (χ0n) is 14.7. The Hall–Kier alpha value is -1.76. The maximum atomic E-state index is 12.8. The molecule has 1 amide bonds. The number of halogens is 2. The fourth-order valence-corrected chi connectivity index (χ4v) is 4.17. The first-order valence-corrected chi connectivity index (χ1v) is 10.6.